The van der Waals surface area contributed by atoms with Crippen molar-refractivity contribution in [1.29, 1.82) is 0 Å². The molecule has 7 aromatic rings. The molecule has 5 atom stereocenters. The highest BCUT2D eigenvalue weighted by Crippen LogP contribution is 2.42. The summed E-state index contributed by atoms with van der Waals surface area (Å²) in [5.74, 6) is 3.18. The van der Waals surface area contributed by atoms with Crippen LogP contribution in [0.15, 0.2) is 206 Å². The van der Waals surface area contributed by atoms with Crippen molar-refractivity contribution in [1.82, 2.24) is 14.7 Å². The maximum atomic E-state index is 13.6. The zero-order valence-corrected chi connectivity index (χ0v) is 54.9. The van der Waals surface area contributed by atoms with Gasteiger partial charge in [-0.15, -0.1) is 0 Å². The van der Waals surface area contributed by atoms with Crippen molar-refractivity contribution in [2.24, 2.45) is 23.3 Å². The standard InChI is InChI=1S/C32H35NO4.2C23H30N2O2/c1-32(2)21-28(31(35)33(32)22-24-14-17-29(36-3)18-15-24)20-27(26-12-8-5-9-13-26)16-19-30(34)37-23-25-10-6-4-7-11-25;2*1-23(2)14-19(13-20(15-24)18-7-5-4-6-8-18)22(26)25(23)16-17-9-11-21(27-3)12-10-17/h4-15,17-18,20,27H,16,19,21-23H2,1-3H3;2*4-12,19-20H,13-16,24H2,1-3H3. The molecule has 7 aromatic carbocycles. The van der Waals surface area contributed by atoms with Crippen molar-refractivity contribution < 1.29 is 38.1 Å². The number of methoxy groups -OCH3 is 3. The number of allylic oxidation sites excluding steroid dienone is 1. The van der Waals surface area contributed by atoms with Gasteiger partial charge in [0.1, 0.15) is 23.9 Å². The number of esters is 1. The molecule has 91 heavy (non-hydrogen) atoms. The Kier molecular flexibility index (Phi) is 24.0. The summed E-state index contributed by atoms with van der Waals surface area (Å²) in [6, 6.07) is 64.1. The van der Waals surface area contributed by atoms with Gasteiger partial charge < -0.3 is 45.1 Å². The number of likely N-dealkylation sites (tertiary alicyclic amines) is 3. The Morgan fingerprint density at radius 1 is 0.484 bits per heavy atom. The monoisotopic (exact) mass is 1230 g/mol. The molecule has 0 aliphatic carbocycles. The van der Waals surface area contributed by atoms with Crippen molar-refractivity contribution in [2.75, 3.05) is 34.4 Å². The van der Waals surface area contributed by atoms with Gasteiger partial charge in [-0.1, -0.05) is 164 Å². The molecular formula is C78H95N5O8. The first-order chi connectivity index (χ1) is 43.7. The maximum Gasteiger partial charge on any atom is 0.306 e. The maximum absolute atomic E-state index is 13.6. The molecule has 4 N–H and O–H groups in total. The second-order valence-corrected chi connectivity index (χ2v) is 26.3. The van der Waals surface area contributed by atoms with E-state index in [9.17, 15) is 19.2 Å². The number of carbonyl (C=O) groups excluding carboxylic acids is 4. The molecule has 0 bridgehead atoms. The molecule has 0 saturated carbocycles. The van der Waals surface area contributed by atoms with Gasteiger partial charge in [-0.2, -0.15) is 0 Å². The number of ether oxygens (including phenoxy) is 4. The van der Waals surface area contributed by atoms with Crippen LogP contribution in [-0.2, 0) is 50.2 Å². The third-order valence-corrected chi connectivity index (χ3v) is 18.3. The van der Waals surface area contributed by atoms with Gasteiger partial charge in [-0.25, -0.2) is 0 Å². The minimum absolute atomic E-state index is 0.0204. The van der Waals surface area contributed by atoms with Gasteiger partial charge in [0.05, 0.1) is 21.3 Å². The van der Waals surface area contributed by atoms with Crippen LogP contribution in [-0.4, -0.2) is 89.4 Å². The number of hydrogen-bond acceptors (Lipinski definition) is 10. The third-order valence-electron chi connectivity index (χ3n) is 18.3. The van der Waals surface area contributed by atoms with Crippen molar-refractivity contribution in [3.8, 4) is 17.2 Å². The van der Waals surface area contributed by atoms with Crippen molar-refractivity contribution >= 4 is 23.7 Å². The molecule has 3 amide bonds. The molecule has 0 spiro atoms. The van der Waals surface area contributed by atoms with Crippen LogP contribution in [0.5, 0.6) is 17.2 Å². The van der Waals surface area contributed by atoms with Crippen LogP contribution in [0.2, 0.25) is 0 Å². The summed E-state index contributed by atoms with van der Waals surface area (Å²) in [4.78, 5) is 58.5. The van der Waals surface area contributed by atoms with Crippen molar-refractivity contribution in [2.45, 2.75) is 147 Å². The molecule has 3 heterocycles. The van der Waals surface area contributed by atoms with Crippen LogP contribution >= 0.6 is 0 Å². The zero-order valence-electron chi connectivity index (χ0n) is 54.9. The van der Waals surface area contributed by atoms with Crippen molar-refractivity contribution in [3.63, 3.8) is 0 Å². The lowest BCUT2D eigenvalue weighted by molar-refractivity contribution is -0.145. The number of nitrogens with zero attached hydrogens (tertiary/aromatic N) is 3. The average molecular weight is 1230 g/mol. The minimum Gasteiger partial charge on any atom is -0.497 e. The van der Waals surface area contributed by atoms with E-state index in [1.165, 1.54) is 11.1 Å². The van der Waals surface area contributed by atoms with Crippen LogP contribution in [0.3, 0.4) is 0 Å². The first-order valence-corrected chi connectivity index (χ1v) is 32.0. The van der Waals surface area contributed by atoms with Crippen LogP contribution in [0.4, 0.5) is 0 Å². The van der Waals surface area contributed by atoms with E-state index in [2.05, 4.69) is 84.0 Å². The van der Waals surface area contributed by atoms with Gasteiger partial charge >= 0.3 is 5.97 Å². The quantitative estimate of drug-likeness (QED) is 0.0439. The first kappa shape index (κ1) is 68.4. The summed E-state index contributed by atoms with van der Waals surface area (Å²) in [6.45, 7) is 16.0. The normalized spacial score (nSPS) is 18.6. The molecule has 10 rings (SSSR count). The molecule has 3 aliphatic heterocycles. The summed E-state index contributed by atoms with van der Waals surface area (Å²) in [5.41, 5.74) is 20.1. The topological polar surface area (TPSA) is 167 Å². The Labute approximate surface area is 540 Å². The number of benzene rings is 7. The van der Waals surface area contributed by atoms with E-state index >= 15 is 0 Å². The number of rotatable bonds is 24. The number of amides is 3. The smallest absolute Gasteiger partial charge is 0.306 e. The van der Waals surface area contributed by atoms with E-state index in [0.717, 1.165) is 76.3 Å². The van der Waals surface area contributed by atoms with Gasteiger partial charge in [0.15, 0.2) is 0 Å². The predicted molar refractivity (Wildman–Crippen MR) is 362 cm³/mol. The van der Waals surface area contributed by atoms with Crippen molar-refractivity contribution in [3.05, 3.63) is 245 Å². The van der Waals surface area contributed by atoms with E-state index in [-0.39, 0.29) is 82.9 Å². The fraction of sp³-hybridized carbons (Fsp3) is 0.385. The highest BCUT2D eigenvalue weighted by atomic mass is 16.5. The SMILES string of the molecule is COc1ccc(CN2C(=O)C(=CC(CCC(=O)OCc3ccccc3)c3ccccc3)CC2(C)C)cc1.COc1ccc(CN2C(=O)C(CC(CN)c3ccccc3)CC2(C)C)cc1.COc1ccc(CN2C(=O)C(CC(CN)c3ccccc3)CC2(C)C)cc1. The summed E-state index contributed by atoms with van der Waals surface area (Å²) >= 11 is 0. The number of carbonyl (C=O) groups is 4. The summed E-state index contributed by atoms with van der Waals surface area (Å²) in [6.07, 6.45) is 6.93. The lowest BCUT2D eigenvalue weighted by Crippen LogP contribution is -2.40. The molecule has 5 unspecified atom stereocenters. The van der Waals surface area contributed by atoms with E-state index in [4.69, 9.17) is 30.4 Å². The predicted octanol–water partition coefficient (Wildman–Crippen LogP) is 14.3. The molecule has 13 heteroatoms. The Hall–Kier alpha value is -8.52. The first-order valence-electron chi connectivity index (χ1n) is 32.0. The van der Waals surface area contributed by atoms with E-state index < -0.39 is 0 Å². The van der Waals surface area contributed by atoms with Gasteiger partial charge in [0.25, 0.3) is 0 Å². The van der Waals surface area contributed by atoms with E-state index in [1.807, 2.05) is 172 Å². The van der Waals surface area contributed by atoms with Gasteiger partial charge in [-0.05, 0) is 174 Å². The summed E-state index contributed by atoms with van der Waals surface area (Å²) < 4.78 is 21.2. The number of nitrogens with two attached hydrogens (primary N) is 2. The highest BCUT2D eigenvalue weighted by Gasteiger charge is 2.47. The molecule has 480 valence electrons. The molecule has 13 nitrogen and oxygen atoms in total. The van der Waals surface area contributed by atoms with Crippen LogP contribution in [0.1, 0.15) is 143 Å². The minimum atomic E-state index is -0.307. The molecule has 3 saturated heterocycles. The zero-order chi connectivity index (χ0) is 65.1. The third kappa shape index (κ3) is 18.6. The molecule has 0 radical (unpaired) electrons. The fourth-order valence-electron chi connectivity index (χ4n) is 13.1. The summed E-state index contributed by atoms with van der Waals surface area (Å²) in [5, 5.41) is 0. The van der Waals surface area contributed by atoms with Gasteiger partial charge in [-0.3, -0.25) is 19.2 Å². The lowest BCUT2D eigenvalue weighted by atomic mass is 9.85. The van der Waals surface area contributed by atoms with Crippen LogP contribution in [0, 0.1) is 11.8 Å². The molecule has 3 aliphatic rings. The largest absolute Gasteiger partial charge is 0.497 e. The second kappa shape index (κ2) is 32.0. The number of hydrogen-bond donors (Lipinski definition) is 2. The lowest BCUT2D eigenvalue weighted by Gasteiger charge is -2.31. The highest BCUT2D eigenvalue weighted by molar-refractivity contribution is 5.97. The summed E-state index contributed by atoms with van der Waals surface area (Å²) in [7, 11) is 4.96. The van der Waals surface area contributed by atoms with E-state index in [1.54, 1.807) is 21.3 Å². The molecular weight excluding hydrogens is 1130 g/mol. The van der Waals surface area contributed by atoms with E-state index in [0.29, 0.717) is 45.6 Å². The van der Waals surface area contributed by atoms with Gasteiger partial charge in [0, 0.05) is 72.4 Å². The molecule has 0 aromatic heterocycles. The van der Waals surface area contributed by atoms with Crippen LogP contribution < -0.4 is 25.7 Å². The fourth-order valence-corrected chi connectivity index (χ4v) is 13.1. The Morgan fingerprint density at radius 3 is 1.22 bits per heavy atom. The Morgan fingerprint density at radius 2 is 0.846 bits per heavy atom. The Balaban J connectivity index is 0.000000179. The average Bonchev–Trinajstić information content (AvgIpc) is 1.72. The Bertz CT molecular complexity index is 3320. The molecule has 3 fully saturated rings. The van der Waals surface area contributed by atoms with Crippen LogP contribution in [0.25, 0.3) is 0 Å². The second-order valence-electron chi connectivity index (χ2n) is 26.3. The van der Waals surface area contributed by atoms with Gasteiger partial charge in [0.2, 0.25) is 17.7 Å².